The van der Waals surface area contributed by atoms with Crippen LogP contribution in [0.4, 0.5) is 4.39 Å². The van der Waals surface area contributed by atoms with Gasteiger partial charge in [0, 0.05) is 38.6 Å². The summed E-state index contributed by atoms with van der Waals surface area (Å²) in [4.78, 5) is 29.5. The number of nitrogens with zero attached hydrogens (tertiary/aromatic N) is 4. The van der Waals surface area contributed by atoms with E-state index in [0.29, 0.717) is 26.2 Å². The maximum atomic E-state index is 13.3. The highest BCUT2D eigenvalue weighted by atomic mass is 35.5. The highest BCUT2D eigenvalue weighted by molar-refractivity contribution is 6.33. The molecule has 0 radical (unpaired) electrons. The molecule has 1 aliphatic rings. The molecule has 30 heavy (non-hydrogen) atoms. The number of hydrogen-bond donors (Lipinski definition) is 0. The number of rotatable bonds is 4. The number of piperazine rings is 1. The van der Waals surface area contributed by atoms with E-state index in [-0.39, 0.29) is 22.4 Å². The largest absolute Gasteiger partial charge is 0.337 e. The first-order chi connectivity index (χ1) is 14.5. The normalized spacial score (nSPS) is 15.1. The molecule has 0 spiro atoms. The van der Waals surface area contributed by atoms with Crippen LogP contribution in [-0.4, -0.2) is 57.6 Å². The van der Waals surface area contributed by atoms with Gasteiger partial charge in [-0.25, -0.2) is 4.39 Å². The smallest absolute Gasteiger partial charge is 0.255 e. The minimum Gasteiger partial charge on any atom is -0.337 e. The van der Waals surface area contributed by atoms with Crippen molar-refractivity contribution in [1.29, 1.82) is 0 Å². The van der Waals surface area contributed by atoms with Gasteiger partial charge in [-0.05, 0) is 29.8 Å². The van der Waals surface area contributed by atoms with Crippen LogP contribution in [0.5, 0.6) is 0 Å². The number of halogens is 2. The molecule has 0 bridgehead atoms. The summed E-state index contributed by atoms with van der Waals surface area (Å²) in [5.74, 6) is -0.826. The standard InChI is InChI=1S/C22H20ClFN4O2/c23-19-15-17(24)7-8-18(19)21(29)26-11-13-27(14-12-26)22(30)20(28-10-4-9-25-28)16-5-2-1-3-6-16/h1-10,15,20H,11-14H2. The molecule has 154 valence electrons. The van der Waals surface area contributed by atoms with Gasteiger partial charge in [0.25, 0.3) is 11.8 Å². The van der Waals surface area contributed by atoms with Crippen molar-refractivity contribution in [3.8, 4) is 0 Å². The van der Waals surface area contributed by atoms with Gasteiger partial charge in [-0.2, -0.15) is 5.10 Å². The molecule has 0 N–H and O–H groups in total. The van der Waals surface area contributed by atoms with E-state index < -0.39 is 11.9 Å². The predicted octanol–water partition coefficient (Wildman–Crippen LogP) is 3.25. The summed E-state index contributed by atoms with van der Waals surface area (Å²) in [7, 11) is 0. The van der Waals surface area contributed by atoms with Crippen LogP contribution in [0.1, 0.15) is 22.0 Å². The van der Waals surface area contributed by atoms with E-state index in [0.717, 1.165) is 11.6 Å². The fourth-order valence-electron chi connectivity index (χ4n) is 3.61. The zero-order valence-electron chi connectivity index (χ0n) is 16.1. The Labute approximate surface area is 178 Å². The quantitative estimate of drug-likeness (QED) is 0.643. The molecule has 8 heteroatoms. The molecule has 1 aliphatic heterocycles. The second-order valence-electron chi connectivity index (χ2n) is 7.04. The molecule has 2 heterocycles. The second kappa shape index (κ2) is 8.67. The Morgan fingerprint density at radius 1 is 0.967 bits per heavy atom. The summed E-state index contributed by atoms with van der Waals surface area (Å²) in [6.45, 7) is 1.54. The molecular weight excluding hydrogens is 407 g/mol. The van der Waals surface area contributed by atoms with Crippen molar-refractivity contribution < 1.29 is 14.0 Å². The van der Waals surface area contributed by atoms with Crippen LogP contribution in [0.3, 0.4) is 0 Å². The summed E-state index contributed by atoms with van der Waals surface area (Å²) < 4.78 is 14.9. The lowest BCUT2D eigenvalue weighted by molar-refractivity contribution is -0.135. The fourth-order valence-corrected chi connectivity index (χ4v) is 3.86. The van der Waals surface area contributed by atoms with Gasteiger partial charge >= 0.3 is 0 Å². The molecule has 1 saturated heterocycles. The average molecular weight is 427 g/mol. The number of aromatic nitrogens is 2. The van der Waals surface area contributed by atoms with Gasteiger partial charge in [0.15, 0.2) is 6.04 Å². The lowest BCUT2D eigenvalue weighted by Crippen LogP contribution is -2.52. The molecule has 6 nitrogen and oxygen atoms in total. The highest BCUT2D eigenvalue weighted by Gasteiger charge is 2.31. The maximum Gasteiger partial charge on any atom is 0.255 e. The van der Waals surface area contributed by atoms with E-state index >= 15 is 0 Å². The number of carbonyl (C=O) groups excluding carboxylic acids is 2. The molecule has 1 fully saturated rings. The SMILES string of the molecule is O=C(c1ccc(F)cc1Cl)N1CCN(C(=O)C(c2ccccc2)n2cccn2)CC1. The van der Waals surface area contributed by atoms with Gasteiger partial charge in [-0.1, -0.05) is 41.9 Å². The summed E-state index contributed by atoms with van der Waals surface area (Å²) in [6.07, 6.45) is 3.41. The van der Waals surface area contributed by atoms with Crippen LogP contribution >= 0.6 is 11.6 Å². The van der Waals surface area contributed by atoms with E-state index in [1.807, 2.05) is 30.3 Å². The van der Waals surface area contributed by atoms with E-state index in [9.17, 15) is 14.0 Å². The first-order valence-electron chi connectivity index (χ1n) is 9.62. The van der Waals surface area contributed by atoms with E-state index in [2.05, 4.69) is 5.10 Å². The Hall–Kier alpha value is -3.19. The lowest BCUT2D eigenvalue weighted by Gasteiger charge is -2.36. The van der Waals surface area contributed by atoms with Crippen molar-refractivity contribution in [1.82, 2.24) is 19.6 Å². The maximum absolute atomic E-state index is 13.3. The van der Waals surface area contributed by atoms with E-state index in [1.54, 1.807) is 32.9 Å². The third-order valence-electron chi connectivity index (χ3n) is 5.18. The van der Waals surface area contributed by atoms with Crippen LogP contribution in [0.2, 0.25) is 5.02 Å². The second-order valence-corrected chi connectivity index (χ2v) is 7.45. The van der Waals surface area contributed by atoms with E-state index in [1.165, 1.54) is 12.1 Å². The molecule has 4 rings (SSSR count). The molecule has 0 saturated carbocycles. The highest BCUT2D eigenvalue weighted by Crippen LogP contribution is 2.23. The Morgan fingerprint density at radius 2 is 1.67 bits per heavy atom. The first kappa shape index (κ1) is 20.1. The zero-order valence-corrected chi connectivity index (χ0v) is 16.9. The molecule has 1 aromatic heterocycles. The summed E-state index contributed by atoms with van der Waals surface area (Å²) in [6, 6.07) is 14.4. The van der Waals surface area contributed by atoms with Gasteiger partial charge < -0.3 is 9.80 Å². The Bertz CT molecular complexity index is 1030. The molecular formula is C22H20ClFN4O2. The average Bonchev–Trinajstić information content (AvgIpc) is 3.29. The molecule has 0 aliphatic carbocycles. The van der Waals surface area contributed by atoms with Crippen LogP contribution in [0.15, 0.2) is 67.0 Å². The predicted molar refractivity (Wildman–Crippen MR) is 111 cm³/mol. The number of benzene rings is 2. The van der Waals surface area contributed by atoms with Crippen molar-refractivity contribution in [2.75, 3.05) is 26.2 Å². The Kier molecular flexibility index (Phi) is 5.81. The van der Waals surface area contributed by atoms with Gasteiger partial charge in [0.1, 0.15) is 5.82 Å². The summed E-state index contributed by atoms with van der Waals surface area (Å²) in [5.41, 5.74) is 1.11. The van der Waals surface area contributed by atoms with Crippen molar-refractivity contribution in [3.05, 3.63) is 89.0 Å². The number of hydrogen-bond acceptors (Lipinski definition) is 3. The number of amides is 2. The van der Waals surface area contributed by atoms with Crippen LogP contribution < -0.4 is 0 Å². The van der Waals surface area contributed by atoms with Gasteiger partial charge in [0.2, 0.25) is 0 Å². The van der Waals surface area contributed by atoms with Gasteiger partial charge in [-0.15, -0.1) is 0 Å². The monoisotopic (exact) mass is 426 g/mol. The zero-order chi connectivity index (χ0) is 21.1. The molecule has 1 atom stereocenters. The van der Waals surface area contributed by atoms with Crippen LogP contribution in [0, 0.1) is 5.82 Å². The number of carbonyl (C=O) groups is 2. The van der Waals surface area contributed by atoms with Crippen molar-refractivity contribution >= 4 is 23.4 Å². The van der Waals surface area contributed by atoms with Gasteiger partial charge in [0.05, 0.1) is 10.6 Å². The van der Waals surface area contributed by atoms with Crippen LogP contribution in [0.25, 0.3) is 0 Å². The molecule has 2 amide bonds. The summed E-state index contributed by atoms with van der Waals surface area (Å²) >= 11 is 6.03. The van der Waals surface area contributed by atoms with Crippen molar-refractivity contribution in [3.63, 3.8) is 0 Å². The lowest BCUT2D eigenvalue weighted by atomic mass is 10.1. The topological polar surface area (TPSA) is 58.4 Å². The Balaban J connectivity index is 1.47. The van der Waals surface area contributed by atoms with Crippen LogP contribution in [-0.2, 0) is 4.79 Å². The summed E-state index contributed by atoms with van der Waals surface area (Å²) in [5, 5.41) is 4.35. The van der Waals surface area contributed by atoms with Gasteiger partial charge in [-0.3, -0.25) is 14.3 Å². The first-order valence-corrected chi connectivity index (χ1v) is 9.99. The third-order valence-corrected chi connectivity index (χ3v) is 5.49. The minimum absolute atomic E-state index is 0.0724. The van der Waals surface area contributed by atoms with E-state index in [4.69, 9.17) is 11.6 Å². The molecule has 2 aromatic carbocycles. The Morgan fingerprint density at radius 3 is 2.30 bits per heavy atom. The fraction of sp³-hybridized carbons (Fsp3) is 0.227. The third kappa shape index (κ3) is 4.07. The minimum atomic E-state index is -0.560. The van der Waals surface area contributed by atoms with Crippen molar-refractivity contribution in [2.24, 2.45) is 0 Å². The van der Waals surface area contributed by atoms with Crippen molar-refractivity contribution in [2.45, 2.75) is 6.04 Å². The molecule has 3 aromatic rings. The molecule has 1 unspecified atom stereocenters.